The third-order valence-electron chi connectivity index (χ3n) is 3.23. The lowest BCUT2D eigenvalue weighted by Gasteiger charge is -2.13. The summed E-state index contributed by atoms with van der Waals surface area (Å²) in [7, 11) is 1.63. The van der Waals surface area contributed by atoms with Gasteiger partial charge < -0.3 is 4.74 Å². The lowest BCUT2D eigenvalue weighted by Crippen LogP contribution is -2.09. The molecule has 2 aromatic heterocycles. The van der Waals surface area contributed by atoms with Crippen LogP contribution in [0.4, 0.5) is 0 Å². The molecule has 0 aliphatic carbocycles. The van der Waals surface area contributed by atoms with Gasteiger partial charge in [-0.05, 0) is 31.2 Å². The first-order valence-corrected chi connectivity index (χ1v) is 6.33. The molecule has 0 atom stereocenters. The lowest BCUT2D eigenvalue weighted by atomic mass is 10.2. The second kappa shape index (κ2) is 4.81. The van der Waals surface area contributed by atoms with Crippen LogP contribution in [0.25, 0.3) is 16.7 Å². The maximum Gasteiger partial charge on any atom is 0.191 e. The van der Waals surface area contributed by atoms with E-state index >= 15 is 0 Å². The highest BCUT2D eigenvalue weighted by atomic mass is 16.5. The predicted molar refractivity (Wildman–Crippen MR) is 78.6 cm³/mol. The first-order valence-electron chi connectivity index (χ1n) is 6.33. The summed E-state index contributed by atoms with van der Waals surface area (Å²) in [6.07, 6.45) is 1.73. The molecule has 0 saturated heterocycles. The largest absolute Gasteiger partial charge is 0.495 e. The van der Waals surface area contributed by atoms with E-state index in [4.69, 9.17) is 4.74 Å². The standard InChI is InChI=1S/C16H14N2O2/c1-11-7-8-12-14(19)9-10-18(16(12)17-11)13-5-3-4-6-15(13)20-2/h3-10H,1-2H3. The number of ether oxygens (including phenoxy) is 1. The van der Waals surface area contributed by atoms with Crippen molar-refractivity contribution in [3.05, 3.63) is 64.6 Å². The summed E-state index contributed by atoms with van der Waals surface area (Å²) in [5.74, 6) is 0.737. The van der Waals surface area contributed by atoms with E-state index < -0.39 is 0 Å². The minimum Gasteiger partial charge on any atom is -0.495 e. The van der Waals surface area contributed by atoms with Gasteiger partial charge in [0.2, 0.25) is 0 Å². The van der Waals surface area contributed by atoms with Crippen molar-refractivity contribution in [1.29, 1.82) is 0 Å². The molecule has 100 valence electrons. The van der Waals surface area contributed by atoms with E-state index in [0.29, 0.717) is 11.0 Å². The second-order valence-electron chi connectivity index (χ2n) is 4.55. The van der Waals surface area contributed by atoms with Gasteiger partial charge in [0.1, 0.15) is 11.4 Å². The molecule has 2 heterocycles. The number of pyridine rings is 2. The van der Waals surface area contributed by atoms with Crippen LogP contribution in [0.3, 0.4) is 0 Å². The van der Waals surface area contributed by atoms with Crippen LogP contribution in [0, 0.1) is 6.92 Å². The van der Waals surface area contributed by atoms with Crippen molar-refractivity contribution in [2.45, 2.75) is 6.92 Å². The van der Waals surface area contributed by atoms with Gasteiger partial charge in [0, 0.05) is 18.0 Å². The molecule has 0 aliphatic heterocycles. The van der Waals surface area contributed by atoms with Gasteiger partial charge in [-0.2, -0.15) is 0 Å². The van der Waals surface area contributed by atoms with Crippen molar-refractivity contribution in [1.82, 2.24) is 9.55 Å². The van der Waals surface area contributed by atoms with Crippen LogP contribution in [0.5, 0.6) is 5.75 Å². The Labute approximate surface area is 116 Å². The summed E-state index contributed by atoms with van der Waals surface area (Å²) in [6, 6.07) is 12.9. The number of benzene rings is 1. The first-order chi connectivity index (χ1) is 9.70. The van der Waals surface area contributed by atoms with E-state index in [-0.39, 0.29) is 5.43 Å². The summed E-state index contributed by atoms with van der Waals surface area (Å²) >= 11 is 0. The van der Waals surface area contributed by atoms with Gasteiger partial charge in [-0.25, -0.2) is 4.98 Å². The van der Waals surface area contributed by atoms with Crippen LogP contribution in [0.1, 0.15) is 5.69 Å². The average molecular weight is 266 g/mol. The molecule has 20 heavy (non-hydrogen) atoms. The molecule has 0 fully saturated rings. The van der Waals surface area contributed by atoms with E-state index in [0.717, 1.165) is 17.1 Å². The minimum atomic E-state index is -0.0290. The molecule has 0 amide bonds. The monoisotopic (exact) mass is 266 g/mol. The summed E-state index contributed by atoms with van der Waals surface area (Å²) in [4.78, 5) is 16.4. The highest BCUT2D eigenvalue weighted by molar-refractivity contribution is 5.77. The highest BCUT2D eigenvalue weighted by Crippen LogP contribution is 2.24. The third-order valence-corrected chi connectivity index (χ3v) is 3.23. The van der Waals surface area contributed by atoms with Gasteiger partial charge >= 0.3 is 0 Å². The van der Waals surface area contributed by atoms with Crippen LogP contribution in [-0.2, 0) is 0 Å². The number of rotatable bonds is 2. The van der Waals surface area contributed by atoms with Crippen molar-refractivity contribution in [3.8, 4) is 11.4 Å². The first kappa shape index (κ1) is 12.4. The quantitative estimate of drug-likeness (QED) is 0.716. The summed E-state index contributed by atoms with van der Waals surface area (Å²) in [5.41, 5.74) is 2.34. The highest BCUT2D eigenvalue weighted by Gasteiger charge is 2.09. The maximum atomic E-state index is 11.9. The number of fused-ring (bicyclic) bond motifs is 1. The van der Waals surface area contributed by atoms with Crippen LogP contribution in [0.15, 0.2) is 53.5 Å². The van der Waals surface area contributed by atoms with Crippen molar-refractivity contribution in [3.63, 3.8) is 0 Å². The molecule has 0 radical (unpaired) electrons. The van der Waals surface area contributed by atoms with Crippen molar-refractivity contribution in [2.24, 2.45) is 0 Å². The van der Waals surface area contributed by atoms with Gasteiger partial charge in [-0.15, -0.1) is 0 Å². The van der Waals surface area contributed by atoms with E-state index in [1.54, 1.807) is 19.4 Å². The summed E-state index contributed by atoms with van der Waals surface area (Å²) in [5, 5.41) is 0.601. The maximum absolute atomic E-state index is 11.9. The van der Waals surface area contributed by atoms with Crippen LogP contribution >= 0.6 is 0 Å². The smallest absolute Gasteiger partial charge is 0.191 e. The molecule has 0 saturated carbocycles. The molecule has 0 N–H and O–H groups in total. The minimum absolute atomic E-state index is 0.0290. The Bertz CT molecular complexity index is 837. The Morgan fingerprint density at radius 3 is 2.70 bits per heavy atom. The Kier molecular flexibility index (Phi) is 2.99. The molecule has 1 aromatic carbocycles. The Balaban J connectivity index is 2.40. The number of nitrogens with zero attached hydrogens (tertiary/aromatic N) is 2. The average Bonchev–Trinajstić information content (AvgIpc) is 2.47. The van der Waals surface area contributed by atoms with Gasteiger partial charge in [0.15, 0.2) is 5.43 Å². The Morgan fingerprint density at radius 1 is 1.10 bits per heavy atom. The molecule has 3 rings (SSSR count). The Morgan fingerprint density at radius 2 is 1.90 bits per heavy atom. The van der Waals surface area contributed by atoms with Gasteiger partial charge in [-0.1, -0.05) is 12.1 Å². The molecule has 0 spiro atoms. The zero-order valence-corrected chi connectivity index (χ0v) is 11.3. The fraction of sp³-hybridized carbons (Fsp3) is 0.125. The van der Waals surface area contributed by atoms with E-state index in [1.165, 1.54) is 0 Å². The second-order valence-corrected chi connectivity index (χ2v) is 4.55. The lowest BCUT2D eigenvalue weighted by molar-refractivity contribution is 0.413. The van der Waals surface area contributed by atoms with E-state index in [9.17, 15) is 4.79 Å². The van der Waals surface area contributed by atoms with Crippen LogP contribution in [0.2, 0.25) is 0 Å². The number of methoxy groups -OCH3 is 1. The van der Waals surface area contributed by atoms with Crippen molar-refractivity contribution in [2.75, 3.05) is 7.11 Å². The van der Waals surface area contributed by atoms with Gasteiger partial charge in [0.05, 0.1) is 18.2 Å². The van der Waals surface area contributed by atoms with Gasteiger partial charge in [0.25, 0.3) is 0 Å². The zero-order chi connectivity index (χ0) is 14.1. The molecule has 0 bridgehead atoms. The molecule has 0 unspecified atom stereocenters. The topological polar surface area (TPSA) is 44.1 Å². The number of aryl methyl sites for hydroxylation is 1. The SMILES string of the molecule is COc1ccccc1-n1ccc(=O)c2ccc(C)nc21. The third kappa shape index (κ3) is 1.95. The van der Waals surface area contributed by atoms with Crippen LogP contribution < -0.4 is 10.2 Å². The molecule has 4 heteroatoms. The molecule has 3 aromatic rings. The molecule has 0 aliphatic rings. The fourth-order valence-electron chi connectivity index (χ4n) is 2.24. The summed E-state index contributed by atoms with van der Waals surface area (Å²) < 4.78 is 7.26. The summed E-state index contributed by atoms with van der Waals surface area (Å²) in [6.45, 7) is 1.91. The predicted octanol–water partition coefficient (Wildman–Crippen LogP) is 2.70. The van der Waals surface area contributed by atoms with Gasteiger partial charge in [-0.3, -0.25) is 9.36 Å². The number of hydrogen-bond donors (Lipinski definition) is 0. The van der Waals surface area contributed by atoms with E-state index in [1.807, 2.05) is 47.9 Å². The normalized spacial score (nSPS) is 10.7. The molecular formula is C16H14N2O2. The Hall–Kier alpha value is -2.62. The van der Waals surface area contributed by atoms with Crippen molar-refractivity contribution >= 4 is 11.0 Å². The van der Waals surface area contributed by atoms with Crippen LogP contribution in [-0.4, -0.2) is 16.7 Å². The molecule has 4 nitrogen and oxygen atoms in total. The van der Waals surface area contributed by atoms with E-state index in [2.05, 4.69) is 4.98 Å². The zero-order valence-electron chi connectivity index (χ0n) is 11.3. The number of aromatic nitrogens is 2. The fourth-order valence-corrected chi connectivity index (χ4v) is 2.24. The number of hydrogen-bond acceptors (Lipinski definition) is 3. The molecular weight excluding hydrogens is 252 g/mol. The number of para-hydroxylation sites is 2. The van der Waals surface area contributed by atoms with Crippen molar-refractivity contribution < 1.29 is 4.74 Å².